The zero-order valence-corrected chi connectivity index (χ0v) is 10.9. The molecule has 104 valence electrons. The van der Waals surface area contributed by atoms with Gasteiger partial charge in [0.15, 0.2) is 6.61 Å². The molecule has 0 unspecified atom stereocenters. The molecular weight excluding hydrogens is 244 g/mol. The third-order valence-corrected chi connectivity index (χ3v) is 3.10. The third kappa shape index (κ3) is 4.22. The second-order valence-electron chi connectivity index (χ2n) is 4.54. The molecule has 1 amide bonds. The second kappa shape index (κ2) is 7.11. The average molecular weight is 264 g/mol. The van der Waals surface area contributed by atoms with Gasteiger partial charge < -0.3 is 20.5 Å². The minimum Gasteiger partial charge on any atom is -0.483 e. The van der Waals surface area contributed by atoms with E-state index in [2.05, 4.69) is 5.32 Å². The molecule has 0 saturated carbocycles. The molecule has 1 aliphatic rings. The van der Waals surface area contributed by atoms with Crippen molar-refractivity contribution in [1.29, 1.82) is 0 Å². The van der Waals surface area contributed by atoms with Gasteiger partial charge >= 0.3 is 0 Å². The standard InChI is InChI=1S/C14H20N2O3/c15-8-11-4-1-2-6-13(11)19-10-14(17)16-9-12-5-3-7-18-12/h1-2,4,6,12H,3,5,7-10,15H2,(H,16,17)/t12-/m0/s1. The van der Waals surface area contributed by atoms with Crippen molar-refractivity contribution in [3.63, 3.8) is 0 Å². The van der Waals surface area contributed by atoms with Gasteiger partial charge in [0.05, 0.1) is 6.10 Å². The van der Waals surface area contributed by atoms with Crippen molar-refractivity contribution < 1.29 is 14.3 Å². The summed E-state index contributed by atoms with van der Waals surface area (Å²) in [6, 6.07) is 7.46. The number of ether oxygens (including phenoxy) is 2. The van der Waals surface area contributed by atoms with E-state index in [1.807, 2.05) is 24.3 Å². The summed E-state index contributed by atoms with van der Waals surface area (Å²) in [4.78, 5) is 11.6. The number of para-hydroxylation sites is 1. The first-order valence-corrected chi connectivity index (χ1v) is 6.58. The Labute approximate surface area is 113 Å². The Morgan fingerprint density at radius 3 is 3.05 bits per heavy atom. The lowest BCUT2D eigenvalue weighted by Crippen LogP contribution is -2.35. The number of rotatable bonds is 6. The molecule has 1 aromatic carbocycles. The molecule has 0 spiro atoms. The first kappa shape index (κ1) is 13.8. The first-order valence-electron chi connectivity index (χ1n) is 6.58. The van der Waals surface area contributed by atoms with E-state index in [0.29, 0.717) is 18.8 Å². The third-order valence-electron chi connectivity index (χ3n) is 3.10. The highest BCUT2D eigenvalue weighted by Gasteiger charge is 2.16. The molecule has 0 bridgehead atoms. The van der Waals surface area contributed by atoms with Gasteiger partial charge in [-0.1, -0.05) is 18.2 Å². The molecule has 2 rings (SSSR count). The minimum atomic E-state index is -0.137. The molecule has 1 fully saturated rings. The fourth-order valence-corrected chi connectivity index (χ4v) is 2.04. The molecular formula is C14H20N2O3. The smallest absolute Gasteiger partial charge is 0.258 e. The molecule has 5 nitrogen and oxygen atoms in total. The predicted molar refractivity (Wildman–Crippen MR) is 71.8 cm³/mol. The van der Waals surface area contributed by atoms with Gasteiger partial charge in [-0.05, 0) is 18.9 Å². The Hall–Kier alpha value is -1.59. The summed E-state index contributed by atoms with van der Waals surface area (Å²) >= 11 is 0. The average Bonchev–Trinajstić information content (AvgIpc) is 2.96. The molecule has 0 aromatic heterocycles. The van der Waals surface area contributed by atoms with E-state index in [-0.39, 0.29) is 18.6 Å². The minimum absolute atomic E-state index is 0.00370. The lowest BCUT2D eigenvalue weighted by Gasteiger charge is -2.12. The fraction of sp³-hybridized carbons (Fsp3) is 0.500. The van der Waals surface area contributed by atoms with Crippen LogP contribution in [-0.2, 0) is 16.1 Å². The van der Waals surface area contributed by atoms with Crippen LogP contribution in [0.3, 0.4) is 0 Å². The fourth-order valence-electron chi connectivity index (χ4n) is 2.04. The van der Waals surface area contributed by atoms with Crippen molar-refractivity contribution >= 4 is 5.91 Å². The van der Waals surface area contributed by atoms with Crippen molar-refractivity contribution in [3.8, 4) is 5.75 Å². The van der Waals surface area contributed by atoms with Crippen LogP contribution in [0.25, 0.3) is 0 Å². The van der Waals surface area contributed by atoms with Crippen molar-refractivity contribution in [2.75, 3.05) is 19.8 Å². The number of nitrogens with one attached hydrogen (secondary N) is 1. The quantitative estimate of drug-likeness (QED) is 0.798. The summed E-state index contributed by atoms with van der Waals surface area (Å²) in [6.45, 7) is 1.75. The molecule has 0 radical (unpaired) electrons. The van der Waals surface area contributed by atoms with E-state index in [1.165, 1.54) is 0 Å². The zero-order chi connectivity index (χ0) is 13.5. The SMILES string of the molecule is NCc1ccccc1OCC(=O)NC[C@@H]1CCCO1. The van der Waals surface area contributed by atoms with Gasteiger partial charge in [-0.2, -0.15) is 0 Å². The van der Waals surface area contributed by atoms with Crippen LogP contribution in [0.1, 0.15) is 18.4 Å². The van der Waals surface area contributed by atoms with Gasteiger partial charge in [0.25, 0.3) is 5.91 Å². The van der Waals surface area contributed by atoms with Crippen molar-refractivity contribution in [3.05, 3.63) is 29.8 Å². The molecule has 1 saturated heterocycles. The van der Waals surface area contributed by atoms with Gasteiger partial charge in [0.1, 0.15) is 5.75 Å². The number of benzene rings is 1. The molecule has 5 heteroatoms. The topological polar surface area (TPSA) is 73.6 Å². The maximum Gasteiger partial charge on any atom is 0.258 e. The van der Waals surface area contributed by atoms with Crippen LogP contribution < -0.4 is 15.8 Å². The van der Waals surface area contributed by atoms with Crippen LogP contribution in [0.4, 0.5) is 0 Å². The number of hydrogen-bond acceptors (Lipinski definition) is 4. The highest BCUT2D eigenvalue weighted by Crippen LogP contribution is 2.16. The Balaban J connectivity index is 1.73. The lowest BCUT2D eigenvalue weighted by atomic mass is 10.2. The summed E-state index contributed by atoms with van der Waals surface area (Å²) in [6.07, 6.45) is 2.23. The predicted octanol–water partition coefficient (Wildman–Crippen LogP) is 0.819. The Kier molecular flexibility index (Phi) is 5.18. The first-order chi connectivity index (χ1) is 9.29. The maximum absolute atomic E-state index is 11.6. The van der Waals surface area contributed by atoms with Crippen LogP contribution in [-0.4, -0.2) is 31.8 Å². The van der Waals surface area contributed by atoms with Crippen LogP contribution in [0.15, 0.2) is 24.3 Å². The van der Waals surface area contributed by atoms with E-state index in [9.17, 15) is 4.79 Å². The van der Waals surface area contributed by atoms with Crippen LogP contribution in [0.5, 0.6) is 5.75 Å². The van der Waals surface area contributed by atoms with Crippen LogP contribution in [0.2, 0.25) is 0 Å². The lowest BCUT2D eigenvalue weighted by molar-refractivity contribution is -0.123. The summed E-state index contributed by atoms with van der Waals surface area (Å²) in [7, 11) is 0. The van der Waals surface area contributed by atoms with Crippen molar-refractivity contribution in [2.24, 2.45) is 5.73 Å². The van der Waals surface area contributed by atoms with Gasteiger partial charge in [0.2, 0.25) is 0 Å². The largest absolute Gasteiger partial charge is 0.483 e. The number of carbonyl (C=O) groups excluding carboxylic acids is 1. The zero-order valence-electron chi connectivity index (χ0n) is 10.9. The van der Waals surface area contributed by atoms with Gasteiger partial charge in [-0.3, -0.25) is 4.79 Å². The second-order valence-corrected chi connectivity index (χ2v) is 4.54. The number of hydrogen-bond donors (Lipinski definition) is 2. The van der Waals surface area contributed by atoms with Crippen LogP contribution in [0, 0.1) is 0 Å². The summed E-state index contributed by atoms with van der Waals surface area (Å²) in [5, 5.41) is 2.81. The van der Waals surface area contributed by atoms with E-state index < -0.39 is 0 Å². The monoisotopic (exact) mass is 264 g/mol. The molecule has 1 heterocycles. The van der Waals surface area contributed by atoms with E-state index in [4.69, 9.17) is 15.2 Å². The van der Waals surface area contributed by atoms with Crippen LogP contribution >= 0.6 is 0 Å². The molecule has 1 aliphatic heterocycles. The normalized spacial score (nSPS) is 18.3. The Morgan fingerprint density at radius 2 is 2.32 bits per heavy atom. The van der Waals surface area contributed by atoms with E-state index >= 15 is 0 Å². The number of nitrogens with two attached hydrogens (primary N) is 1. The van der Waals surface area contributed by atoms with Gasteiger partial charge in [-0.25, -0.2) is 0 Å². The number of amides is 1. The summed E-state index contributed by atoms with van der Waals surface area (Å²) < 4.78 is 10.9. The summed E-state index contributed by atoms with van der Waals surface area (Å²) in [5.74, 6) is 0.527. The molecule has 3 N–H and O–H groups in total. The van der Waals surface area contributed by atoms with Crippen molar-refractivity contribution in [1.82, 2.24) is 5.32 Å². The van der Waals surface area contributed by atoms with Crippen molar-refractivity contribution in [2.45, 2.75) is 25.5 Å². The molecule has 1 aromatic rings. The maximum atomic E-state index is 11.6. The highest BCUT2D eigenvalue weighted by molar-refractivity contribution is 5.77. The highest BCUT2D eigenvalue weighted by atomic mass is 16.5. The van der Waals surface area contributed by atoms with Gasteiger partial charge in [0, 0.05) is 25.3 Å². The Morgan fingerprint density at radius 1 is 1.47 bits per heavy atom. The van der Waals surface area contributed by atoms with E-state index in [0.717, 1.165) is 25.0 Å². The number of carbonyl (C=O) groups is 1. The molecule has 0 aliphatic carbocycles. The molecule has 19 heavy (non-hydrogen) atoms. The van der Waals surface area contributed by atoms with E-state index in [1.54, 1.807) is 0 Å². The Bertz CT molecular complexity index is 417. The summed E-state index contributed by atoms with van der Waals surface area (Å²) in [5.41, 5.74) is 6.50. The molecule has 1 atom stereocenters. The van der Waals surface area contributed by atoms with Gasteiger partial charge in [-0.15, -0.1) is 0 Å².